The summed E-state index contributed by atoms with van der Waals surface area (Å²) in [6.45, 7) is 3.86. The van der Waals surface area contributed by atoms with E-state index in [1.165, 1.54) is 31.5 Å². The molecule has 2 aliphatic rings. The van der Waals surface area contributed by atoms with Crippen LogP contribution in [0.3, 0.4) is 0 Å². The molecule has 0 bridgehead atoms. The van der Waals surface area contributed by atoms with Crippen LogP contribution in [-0.4, -0.2) is 31.7 Å². The number of carbonyl (C=O) groups is 1. The monoisotopic (exact) mass is 500 g/mol. The molecule has 1 aromatic carbocycles. The van der Waals surface area contributed by atoms with Gasteiger partial charge in [-0.25, -0.2) is 24.1 Å². The number of imidazole rings is 1. The Morgan fingerprint density at radius 3 is 2.50 bits per heavy atom. The zero-order valence-electron chi connectivity index (χ0n) is 19.7. The van der Waals surface area contributed by atoms with E-state index >= 15 is 0 Å². The highest BCUT2D eigenvalue weighted by molar-refractivity contribution is 5.76. The van der Waals surface area contributed by atoms with Gasteiger partial charge in [0.2, 0.25) is 0 Å². The van der Waals surface area contributed by atoms with Gasteiger partial charge in [0, 0.05) is 35.8 Å². The van der Waals surface area contributed by atoms with E-state index in [1.54, 1.807) is 24.5 Å². The summed E-state index contributed by atoms with van der Waals surface area (Å²) >= 11 is 0. The second-order valence-electron chi connectivity index (χ2n) is 9.71. The Kier molecular flexibility index (Phi) is 5.72. The first kappa shape index (κ1) is 24.1. The molecule has 5 rings (SSSR count). The molecule has 0 N–H and O–H groups in total. The van der Waals surface area contributed by atoms with E-state index in [-0.39, 0.29) is 11.6 Å². The van der Waals surface area contributed by atoms with Crippen molar-refractivity contribution in [3.05, 3.63) is 72.0 Å². The average molecular weight is 500 g/mol. The zero-order valence-corrected chi connectivity index (χ0v) is 19.7. The minimum Gasteiger partial charge on any atom is -0.444 e. The molecule has 1 fully saturated rings. The molecule has 1 aliphatic heterocycles. The highest BCUT2D eigenvalue weighted by atomic mass is 19.4. The van der Waals surface area contributed by atoms with Crippen LogP contribution >= 0.6 is 0 Å². The fourth-order valence-electron chi connectivity index (χ4n) is 5.75. The van der Waals surface area contributed by atoms with Crippen molar-refractivity contribution < 1.29 is 27.1 Å². The maximum Gasteiger partial charge on any atom is 0.490 e. The topological polar surface area (TPSA) is 69.9 Å². The molecule has 6 nitrogen and oxygen atoms in total. The predicted octanol–water partition coefficient (Wildman–Crippen LogP) is 5.70. The maximum atomic E-state index is 13.4. The number of benzene rings is 1. The molecule has 1 saturated carbocycles. The summed E-state index contributed by atoms with van der Waals surface area (Å²) in [5.74, 6) is -3.12. The number of rotatable bonds is 4. The van der Waals surface area contributed by atoms with Gasteiger partial charge in [0.15, 0.2) is 11.4 Å². The third kappa shape index (κ3) is 3.98. The lowest BCUT2D eigenvalue weighted by Gasteiger charge is -2.51. The smallest absolute Gasteiger partial charge is 0.444 e. The molecule has 0 saturated heterocycles. The number of aromatic nitrogens is 4. The largest absolute Gasteiger partial charge is 0.490 e. The molecule has 10 heteroatoms. The van der Waals surface area contributed by atoms with Crippen LogP contribution in [-0.2, 0) is 21.7 Å². The Labute approximate surface area is 205 Å². The van der Waals surface area contributed by atoms with Gasteiger partial charge >= 0.3 is 12.1 Å². The van der Waals surface area contributed by atoms with E-state index in [2.05, 4.69) is 15.0 Å². The Hall–Kier alpha value is -3.56. The molecule has 0 spiro atoms. The molecular weight excluding hydrogens is 476 g/mol. The van der Waals surface area contributed by atoms with Gasteiger partial charge in [0.05, 0.1) is 17.7 Å². The summed E-state index contributed by atoms with van der Waals surface area (Å²) < 4.78 is 60.6. The van der Waals surface area contributed by atoms with Crippen LogP contribution in [0.15, 0.2) is 54.6 Å². The number of hydrogen-bond donors (Lipinski definition) is 0. The van der Waals surface area contributed by atoms with Gasteiger partial charge in [-0.2, -0.15) is 13.2 Å². The average Bonchev–Trinajstić information content (AvgIpc) is 3.24. The number of fused-ring (bicyclic) bond motifs is 2. The minimum atomic E-state index is -5.15. The molecule has 0 radical (unpaired) electrons. The van der Waals surface area contributed by atoms with Gasteiger partial charge in [0.1, 0.15) is 5.82 Å². The number of allylic oxidation sites excluding steroid dienone is 1. The Morgan fingerprint density at radius 1 is 1.14 bits per heavy atom. The third-order valence-corrected chi connectivity index (χ3v) is 7.46. The fourth-order valence-corrected chi connectivity index (χ4v) is 5.75. The first-order valence-electron chi connectivity index (χ1n) is 11.6. The number of carbonyl (C=O) groups excluding carboxylic acids is 1. The highest BCUT2D eigenvalue weighted by Gasteiger charge is 2.57. The summed E-state index contributed by atoms with van der Waals surface area (Å²) in [5, 5.41) is 0. The van der Waals surface area contributed by atoms with E-state index in [0.29, 0.717) is 25.1 Å². The quantitative estimate of drug-likeness (QED) is 0.339. The highest BCUT2D eigenvalue weighted by Crippen LogP contribution is 2.56. The van der Waals surface area contributed by atoms with Crippen LogP contribution < -0.4 is 0 Å². The number of halogens is 4. The predicted molar refractivity (Wildman–Crippen MR) is 123 cm³/mol. The molecule has 0 unspecified atom stereocenters. The van der Waals surface area contributed by atoms with Gasteiger partial charge in [0.25, 0.3) is 0 Å². The lowest BCUT2D eigenvalue weighted by molar-refractivity contribution is -0.225. The van der Waals surface area contributed by atoms with Crippen molar-refractivity contribution in [2.45, 2.75) is 51.4 Å². The second-order valence-corrected chi connectivity index (χ2v) is 9.71. The summed E-state index contributed by atoms with van der Waals surface area (Å²) in [6.07, 6.45) is 3.33. The van der Waals surface area contributed by atoms with Gasteiger partial charge in [-0.1, -0.05) is 12.5 Å². The Bertz CT molecular complexity index is 1320. The molecule has 0 amide bonds. The standard InChI is InChI=1S/C26H24F4N4O2/c1-24-14-34-15-33-21(16-7-9-18(27)10-8-16)19(34)13-17(24)5-3-6-20(24)25(2,22-31-11-4-12-32-22)36-23(35)26(28,29)30/h4,7-13,15,20H,3,5-6,14H2,1-2H3/t20-,24-,25-/m0/s1. The summed E-state index contributed by atoms with van der Waals surface area (Å²) in [7, 11) is 0. The van der Waals surface area contributed by atoms with Crippen LogP contribution in [0, 0.1) is 17.2 Å². The lowest BCUT2D eigenvalue weighted by atomic mass is 9.57. The van der Waals surface area contributed by atoms with Crippen LogP contribution in [0.5, 0.6) is 0 Å². The van der Waals surface area contributed by atoms with E-state index < -0.39 is 29.1 Å². The summed E-state index contributed by atoms with van der Waals surface area (Å²) in [5.41, 5.74) is 0.954. The van der Waals surface area contributed by atoms with Gasteiger partial charge in [-0.3, -0.25) is 0 Å². The number of hydrogen-bond acceptors (Lipinski definition) is 5. The number of esters is 1. The van der Waals surface area contributed by atoms with E-state index in [0.717, 1.165) is 23.3 Å². The van der Waals surface area contributed by atoms with Crippen molar-refractivity contribution >= 4 is 12.0 Å². The van der Waals surface area contributed by atoms with Gasteiger partial charge < -0.3 is 9.30 Å². The maximum absolute atomic E-state index is 13.4. The fraction of sp³-hybridized carbons (Fsp3) is 0.385. The third-order valence-electron chi connectivity index (χ3n) is 7.46. The molecule has 2 aromatic heterocycles. The van der Waals surface area contributed by atoms with Crippen molar-refractivity contribution in [2.24, 2.45) is 11.3 Å². The van der Waals surface area contributed by atoms with Crippen molar-refractivity contribution in [2.75, 3.05) is 0 Å². The SMILES string of the molecule is C[C@]12Cn3cnc(-c4ccc(F)cc4)c3C=C1CCC[C@@H]2[C@](C)(OC(=O)C(F)(F)F)c1ncccn1. The Morgan fingerprint density at radius 2 is 1.83 bits per heavy atom. The Balaban J connectivity index is 1.58. The molecule has 3 aromatic rings. The molecule has 36 heavy (non-hydrogen) atoms. The summed E-state index contributed by atoms with van der Waals surface area (Å²) in [6, 6.07) is 7.62. The van der Waals surface area contributed by atoms with Crippen molar-refractivity contribution in [3.8, 4) is 11.3 Å². The number of nitrogens with zero attached hydrogens (tertiary/aromatic N) is 4. The summed E-state index contributed by atoms with van der Waals surface area (Å²) in [4.78, 5) is 25.0. The van der Waals surface area contributed by atoms with Gasteiger partial charge in [-0.15, -0.1) is 0 Å². The normalized spacial score (nSPS) is 23.2. The molecule has 188 valence electrons. The molecular formula is C26H24F4N4O2. The number of ether oxygens (including phenoxy) is 1. The van der Waals surface area contributed by atoms with Crippen molar-refractivity contribution in [3.63, 3.8) is 0 Å². The van der Waals surface area contributed by atoms with Crippen LogP contribution in [0.4, 0.5) is 17.6 Å². The first-order chi connectivity index (χ1) is 17.0. The first-order valence-corrected chi connectivity index (χ1v) is 11.6. The minimum absolute atomic E-state index is 0.0264. The van der Waals surface area contributed by atoms with Crippen LogP contribution in [0.25, 0.3) is 17.3 Å². The lowest BCUT2D eigenvalue weighted by Crippen LogP contribution is -2.52. The number of alkyl halides is 3. The molecule has 3 heterocycles. The molecule has 1 aliphatic carbocycles. The van der Waals surface area contributed by atoms with Crippen molar-refractivity contribution in [1.29, 1.82) is 0 Å². The van der Waals surface area contributed by atoms with Crippen molar-refractivity contribution in [1.82, 2.24) is 19.5 Å². The molecule has 3 atom stereocenters. The zero-order chi connectivity index (χ0) is 25.7. The van der Waals surface area contributed by atoms with Crippen LogP contribution in [0.2, 0.25) is 0 Å². The van der Waals surface area contributed by atoms with Crippen LogP contribution in [0.1, 0.15) is 44.6 Å². The van der Waals surface area contributed by atoms with E-state index in [4.69, 9.17) is 4.74 Å². The van der Waals surface area contributed by atoms with E-state index in [1.807, 2.05) is 17.6 Å². The second kappa shape index (κ2) is 8.53. The van der Waals surface area contributed by atoms with Gasteiger partial charge in [-0.05, 0) is 62.6 Å². The van der Waals surface area contributed by atoms with E-state index in [9.17, 15) is 22.4 Å².